The summed E-state index contributed by atoms with van der Waals surface area (Å²) < 4.78 is 5.38. The van der Waals surface area contributed by atoms with Crippen LogP contribution in [0.15, 0.2) is 47.6 Å². The maximum Gasteiger partial charge on any atom is 0.319 e. The van der Waals surface area contributed by atoms with E-state index in [-0.39, 0.29) is 17.1 Å². The third-order valence-corrected chi connectivity index (χ3v) is 10.1. The maximum absolute atomic E-state index is 13.0. The lowest BCUT2D eigenvalue weighted by Gasteiger charge is -2.44. The van der Waals surface area contributed by atoms with Gasteiger partial charge in [-0.3, -0.25) is 9.59 Å². The summed E-state index contributed by atoms with van der Waals surface area (Å²) in [6.45, 7) is 18.8. The van der Waals surface area contributed by atoms with Gasteiger partial charge in [-0.25, -0.2) is 0 Å². The molecule has 2 unspecified atom stereocenters. The van der Waals surface area contributed by atoms with Crippen molar-refractivity contribution >= 4 is 11.8 Å². The number of unbranched alkanes of at least 4 members (excludes halogenated alkanes) is 3. The predicted octanol–water partition coefficient (Wildman–Crippen LogP) is 8.45. The molecule has 0 bridgehead atoms. The van der Waals surface area contributed by atoms with Crippen molar-refractivity contribution in [1.29, 1.82) is 0 Å². The van der Waals surface area contributed by atoms with Crippen LogP contribution in [-0.4, -0.2) is 40.8 Å². The monoisotopic (exact) mass is 584 g/mol. The van der Waals surface area contributed by atoms with Crippen molar-refractivity contribution < 1.29 is 24.5 Å². The molecule has 0 aromatic rings. The Hall–Kier alpha value is -1.98. The molecule has 0 aromatic heterocycles. The first-order valence-electron chi connectivity index (χ1n) is 16.7. The molecule has 0 radical (unpaired) electrons. The number of carbonyl (C=O) groups excluding carboxylic acids is 2. The van der Waals surface area contributed by atoms with Gasteiger partial charge in [-0.1, -0.05) is 90.7 Å². The number of aliphatic hydroxyl groups is 2. The molecule has 0 amide bonds. The normalized spacial score (nSPS) is 30.6. The van der Waals surface area contributed by atoms with Gasteiger partial charge in [0, 0.05) is 6.42 Å². The molecule has 6 atom stereocenters. The van der Waals surface area contributed by atoms with Crippen LogP contribution < -0.4 is 0 Å². The first-order chi connectivity index (χ1) is 19.8. The summed E-state index contributed by atoms with van der Waals surface area (Å²) in [5.41, 5.74) is 2.11. The van der Waals surface area contributed by atoms with Crippen LogP contribution in [0.1, 0.15) is 126 Å². The van der Waals surface area contributed by atoms with E-state index >= 15 is 0 Å². The molecule has 0 aliphatic heterocycles. The lowest BCUT2D eigenvalue weighted by atomic mass is 9.61. The topological polar surface area (TPSA) is 83.8 Å². The number of ketones is 1. The molecule has 3 saturated carbocycles. The molecule has 0 spiro atoms. The quantitative estimate of drug-likeness (QED) is 0.110. The minimum absolute atomic E-state index is 0.158. The number of ether oxygens (including phenoxy) is 1. The van der Waals surface area contributed by atoms with Gasteiger partial charge in [0.25, 0.3) is 0 Å². The van der Waals surface area contributed by atoms with Crippen molar-refractivity contribution in [2.75, 3.05) is 6.61 Å². The fourth-order valence-corrected chi connectivity index (χ4v) is 6.99. The van der Waals surface area contributed by atoms with Crippen LogP contribution >= 0.6 is 0 Å². The number of hydrogen-bond donors (Lipinski definition) is 2. The number of rotatable bonds is 11. The number of aliphatic hydroxyl groups excluding tert-OH is 2. The molecule has 0 aromatic carbocycles. The van der Waals surface area contributed by atoms with Gasteiger partial charge in [0.1, 0.15) is 5.41 Å². The molecule has 238 valence electrons. The molecule has 0 saturated heterocycles. The van der Waals surface area contributed by atoms with Gasteiger partial charge in [-0.15, -0.1) is 0 Å². The Bertz CT molecular complexity index is 1000. The number of allylic oxidation sites excluding steroid dienone is 5. The highest BCUT2D eigenvalue weighted by Gasteiger charge is 2.50. The van der Waals surface area contributed by atoms with Crippen molar-refractivity contribution in [2.45, 2.75) is 138 Å². The lowest BCUT2D eigenvalue weighted by Crippen LogP contribution is -2.36. The molecular weight excluding hydrogens is 524 g/mol. The summed E-state index contributed by atoms with van der Waals surface area (Å²) in [5.74, 6) is 0.542. The Balaban J connectivity index is 0.00000144. The smallest absolute Gasteiger partial charge is 0.319 e. The molecule has 0 heterocycles. The van der Waals surface area contributed by atoms with Gasteiger partial charge >= 0.3 is 5.97 Å². The molecule has 3 aliphatic rings. The molecule has 42 heavy (non-hydrogen) atoms. The average molecular weight is 585 g/mol. The third kappa shape index (κ3) is 9.26. The van der Waals surface area contributed by atoms with E-state index in [4.69, 9.17) is 4.74 Å². The number of hydrogen-bond acceptors (Lipinski definition) is 5. The first kappa shape index (κ1) is 36.2. The Morgan fingerprint density at radius 2 is 1.79 bits per heavy atom. The van der Waals surface area contributed by atoms with E-state index < -0.39 is 23.6 Å². The molecule has 3 fully saturated rings. The minimum atomic E-state index is -1.18. The summed E-state index contributed by atoms with van der Waals surface area (Å²) in [7, 11) is 0. The van der Waals surface area contributed by atoms with E-state index in [1.54, 1.807) is 19.9 Å². The largest absolute Gasteiger partial charge is 0.465 e. The summed E-state index contributed by atoms with van der Waals surface area (Å²) >= 11 is 0. The number of fused-ring (bicyclic) bond motifs is 1. The van der Waals surface area contributed by atoms with Crippen molar-refractivity contribution in [2.24, 2.45) is 28.6 Å². The Morgan fingerprint density at radius 3 is 2.43 bits per heavy atom. The SMILES string of the molecule is C=C1/C(=C\C=C2/CCCC3(C)[C@@H]([C@H](C)/C=C/C(=O)C(C)(C)C(=O)OCCCCC)CC[C@@H]23)C[C@@H](O)CC1O.CCCC. The van der Waals surface area contributed by atoms with Crippen LogP contribution in [0.4, 0.5) is 0 Å². The fraction of sp³-hybridized carbons (Fsp3) is 0.730. The first-order valence-corrected chi connectivity index (χ1v) is 16.7. The van der Waals surface area contributed by atoms with Gasteiger partial charge in [0.15, 0.2) is 5.78 Å². The van der Waals surface area contributed by atoms with Crippen molar-refractivity contribution in [3.63, 3.8) is 0 Å². The average Bonchev–Trinajstić information content (AvgIpc) is 3.32. The van der Waals surface area contributed by atoms with Crippen LogP contribution in [0, 0.1) is 28.6 Å². The Kier molecular flexibility index (Phi) is 14.4. The number of esters is 1. The van der Waals surface area contributed by atoms with E-state index in [0.717, 1.165) is 56.1 Å². The number of carbonyl (C=O) groups is 2. The summed E-state index contributed by atoms with van der Waals surface area (Å²) in [6.07, 6.45) is 18.8. The van der Waals surface area contributed by atoms with Crippen molar-refractivity contribution in [3.8, 4) is 0 Å². The molecule has 5 heteroatoms. The van der Waals surface area contributed by atoms with Gasteiger partial charge in [-0.2, -0.15) is 0 Å². The summed E-state index contributed by atoms with van der Waals surface area (Å²) in [6, 6.07) is 0. The zero-order valence-corrected chi connectivity index (χ0v) is 27.7. The van der Waals surface area contributed by atoms with Crippen LogP contribution in [0.3, 0.4) is 0 Å². The zero-order valence-electron chi connectivity index (χ0n) is 27.7. The second kappa shape index (κ2) is 16.8. The van der Waals surface area contributed by atoms with Gasteiger partial charge in [-0.05, 0) is 99.2 Å². The van der Waals surface area contributed by atoms with Crippen LogP contribution in [0.25, 0.3) is 0 Å². The van der Waals surface area contributed by atoms with E-state index in [1.807, 2.05) is 6.08 Å². The van der Waals surface area contributed by atoms with Crippen molar-refractivity contribution in [1.82, 2.24) is 0 Å². The Morgan fingerprint density at radius 1 is 1.10 bits per heavy atom. The van der Waals surface area contributed by atoms with E-state index in [0.29, 0.717) is 31.3 Å². The summed E-state index contributed by atoms with van der Waals surface area (Å²) in [5, 5.41) is 20.3. The van der Waals surface area contributed by atoms with E-state index in [9.17, 15) is 19.8 Å². The third-order valence-electron chi connectivity index (χ3n) is 10.1. The van der Waals surface area contributed by atoms with Gasteiger partial charge < -0.3 is 14.9 Å². The van der Waals surface area contributed by atoms with E-state index in [2.05, 4.69) is 53.3 Å². The zero-order chi connectivity index (χ0) is 31.5. The van der Waals surface area contributed by atoms with Crippen molar-refractivity contribution in [3.05, 3.63) is 47.6 Å². The predicted molar refractivity (Wildman–Crippen MR) is 173 cm³/mol. The van der Waals surface area contributed by atoms with Crippen LogP contribution in [-0.2, 0) is 14.3 Å². The fourth-order valence-electron chi connectivity index (χ4n) is 6.99. The standard InChI is InChI=1S/C33H50O5.C4H10/c1-7-8-9-19-38-31(37)32(4,5)30(36)17-12-22(2)27-15-16-28-24(11-10-18-33(27,28)6)13-14-25-20-26(34)21-29(35)23(25)3;1-3-4-2/h12-14,17,22,26-29,34-35H,3,7-11,15-16,18-21H2,1-2,4-6H3;3-4H2,1-2H3/b17-12+,24-13+,25-14-;/t22-,26-,27-,28+,29?,33?;/m1./s1. The second-order valence-corrected chi connectivity index (χ2v) is 13.7. The highest BCUT2D eigenvalue weighted by Crippen LogP contribution is 2.59. The molecule has 3 aliphatic carbocycles. The molecular formula is C37H60O5. The highest BCUT2D eigenvalue weighted by molar-refractivity contribution is 6.08. The lowest BCUT2D eigenvalue weighted by molar-refractivity contribution is -0.157. The van der Waals surface area contributed by atoms with E-state index in [1.165, 1.54) is 24.8 Å². The van der Waals surface area contributed by atoms with Crippen LogP contribution in [0.2, 0.25) is 0 Å². The maximum atomic E-state index is 13.0. The molecule has 2 N–H and O–H groups in total. The molecule has 3 rings (SSSR count). The van der Waals surface area contributed by atoms with Gasteiger partial charge in [0.2, 0.25) is 0 Å². The van der Waals surface area contributed by atoms with Crippen LogP contribution in [0.5, 0.6) is 0 Å². The molecule has 5 nitrogen and oxygen atoms in total. The summed E-state index contributed by atoms with van der Waals surface area (Å²) in [4.78, 5) is 25.5. The van der Waals surface area contributed by atoms with Gasteiger partial charge in [0.05, 0.1) is 18.8 Å². The highest BCUT2D eigenvalue weighted by atomic mass is 16.5. The Labute approximate surface area is 256 Å². The minimum Gasteiger partial charge on any atom is -0.465 e. The second-order valence-electron chi connectivity index (χ2n) is 13.7.